The minimum atomic E-state index is -1.33. The van der Waals surface area contributed by atoms with Crippen molar-refractivity contribution in [3.63, 3.8) is 0 Å². The van der Waals surface area contributed by atoms with Crippen LogP contribution in [0.3, 0.4) is 0 Å². The Morgan fingerprint density at radius 2 is 2.17 bits per heavy atom. The van der Waals surface area contributed by atoms with Crippen LogP contribution in [-0.4, -0.2) is 46.3 Å². The lowest BCUT2D eigenvalue weighted by Gasteiger charge is -2.32. The van der Waals surface area contributed by atoms with E-state index in [0.29, 0.717) is 18.4 Å². The van der Waals surface area contributed by atoms with E-state index < -0.39 is 29.4 Å². The molecule has 7 nitrogen and oxygen atoms in total. The number of rotatable bonds is 2. The summed E-state index contributed by atoms with van der Waals surface area (Å²) in [4.78, 5) is 23.2. The molecule has 1 saturated heterocycles. The van der Waals surface area contributed by atoms with Gasteiger partial charge in [0, 0.05) is 24.8 Å². The smallest absolute Gasteiger partial charge is 0.343 e. The summed E-state index contributed by atoms with van der Waals surface area (Å²) in [5.41, 5.74) is -0.358. The maximum absolute atomic E-state index is 12.1. The fourth-order valence-corrected chi connectivity index (χ4v) is 3.55. The molecule has 24 heavy (non-hydrogen) atoms. The molecule has 7 heteroatoms. The first kappa shape index (κ1) is 17.1. The molecule has 2 unspecified atom stereocenters. The van der Waals surface area contributed by atoms with E-state index in [1.54, 1.807) is 19.9 Å². The molecular weight excluding hydrogens is 316 g/mol. The first-order valence-corrected chi connectivity index (χ1v) is 8.06. The van der Waals surface area contributed by atoms with Crippen molar-refractivity contribution in [2.45, 2.75) is 57.5 Å². The second kappa shape index (κ2) is 5.68. The van der Waals surface area contributed by atoms with Gasteiger partial charge in [-0.1, -0.05) is 6.92 Å². The lowest BCUT2D eigenvalue weighted by atomic mass is 9.86. The van der Waals surface area contributed by atoms with Gasteiger partial charge in [-0.15, -0.1) is 0 Å². The van der Waals surface area contributed by atoms with Crippen molar-refractivity contribution in [2.75, 3.05) is 6.61 Å². The minimum Gasteiger partial charge on any atom is -0.461 e. The van der Waals surface area contributed by atoms with Gasteiger partial charge in [0.25, 0.3) is 0 Å². The van der Waals surface area contributed by atoms with Crippen molar-refractivity contribution in [1.29, 1.82) is 0 Å². The Labute approximate surface area is 139 Å². The molecule has 4 atom stereocenters. The second-order valence-electron chi connectivity index (χ2n) is 6.98. The van der Waals surface area contributed by atoms with Crippen LogP contribution in [0.1, 0.15) is 40.0 Å². The highest BCUT2D eigenvalue weighted by atomic mass is 16.6. The number of carbonyl (C=O) groups excluding carboxylic acids is 2. The zero-order chi connectivity index (χ0) is 17.7. The van der Waals surface area contributed by atoms with Crippen LogP contribution < -0.4 is 0 Å². The fourth-order valence-electron chi connectivity index (χ4n) is 3.55. The summed E-state index contributed by atoms with van der Waals surface area (Å²) in [5, 5.41) is 21.3. The summed E-state index contributed by atoms with van der Waals surface area (Å²) in [6, 6.07) is 0. The average Bonchev–Trinajstić information content (AvgIpc) is 2.94. The van der Waals surface area contributed by atoms with Crippen molar-refractivity contribution in [2.24, 2.45) is 5.92 Å². The van der Waals surface area contributed by atoms with Gasteiger partial charge in [-0.05, 0) is 25.8 Å². The van der Waals surface area contributed by atoms with Crippen LogP contribution in [0.2, 0.25) is 0 Å². The van der Waals surface area contributed by atoms with Crippen LogP contribution in [0.15, 0.2) is 23.0 Å². The predicted molar refractivity (Wildman–Crippen MR) is 81.3 cm³/mol. The third-order valence-corrected chi connectivity index (χ3v) is 4.97. The van der Waals surface area contributed by atoms with Crippen molar-refractivity contribution in [3.8, 4) is 0 Å². The van der Waals surface area contributed by atoms with Crippen molar-refractivity contribution in [1.82, 2.24) is 0 Å². The number of carbonyl (C=O) groups is 2. The van der Waals surface area contributed by atoms with E-state index in [0.717, 1.165) is 0 Å². The Hall–Kier alpha value is -1.70. The summed E-state index contributed by atoms with van der Waals surface area (Å²) in [5.74, 6) is -2.62. The summed E-state index contributed by atoms with van der Waals surface area (Å²) in [6.07, 6.45) is 1.80. The molecule has 3 aliphatic heterocycles. The van der Waals surface area contributed by atoms with Crippen LogP contribution in [-0.2, 0) is 23.8 Å². The number of fused-ring (bicyclic) bond motifs is 3. The third kappa shape index (κ3) is 2.87. The molecule has 0 aromatic rings. The molecule has 1 fully saturated rings. The summed E-state index contributed by atoms with van der Waals surface area (Å²) in [7, 11) is 0. The monoisotopic (exact) mass is 338 g/mol. The molecule has 3 aliphatic rings. The zero-order valence-electron chi connectivity index (χ0n) is 14.0. The number of hydrogen-bond donors (Lipinski definition) is 2. The largest absolute Gasteiger partial charge is 0.461 e. The van der Waals surface area contributed by atoms with Crippen LogP contribution in [0, 0.1) is 5.92 Å². The van der Waals surface area contributed by atoms with Gasteiger partial charge >= 0.3 is 11.9 Å². The first-order valence-electron chi connectivity index (χ1n) is 8.06. The molecule has 0 saturated carbocycles. The van der Waals surface area contributed by atoms with E-state index in [1.807, 2.05) is 0 Å². The van der Waals surface area contributed by atoms with E-state index in [-0.39, 0.29) is 30.3 Å². The van der Waals surface area contributed by atoms with Gasteiger partial charge < -0.3 is 24.4 Å². The molecule has 132 valence electrons. The highest BCUT2D eigenvalue weighted by Gasteiger charge is 2.51. The van der Waals surface area contributed by atoms with Gasteiger partial charge in [0.15, 0.2) is 5.79 Å². The van der Waals surface area contributed by atoms with Crippen LogP contribution >= 0.6 is 0 Å². The Bertz CT molecular complexity index is 649. The number of esters is 2. The number of aliphatic hydroxyl groups excluding tert-OH is 1. The van der Waals surface area contributed by atoms with E-state index in [1.165, 1.54) is 6.92 Å². The second-order valence-corrected chi connectivity index (χ2v) is 6.98. The molecule has 2 bridgehead atoms. The Morgan fingerprint density at radius 1 is 1.46 bits per heavy atom. The topological polar surface area (TPSA) is 102 Å². The molecule has 0 radical (unpaired) electrons. The number of hydrogen-bond acceptors (Lipinski definition) is 7. The van der Waals surface area contributed by atoms with E-state index in [4.69, 9.17) is 14.2 Å². The normalized spacial score (nSPS) is 38.7. The summed E-state index contributed by atoms with van der Waals surface area (Å²) in [6.45, 7) is 4.59. The third-order valence-electron chi connectivity index (χ3n) is 4.97. The fraction of sp³-hybridized carbons (Fsp3) is 0.647. The zero-order valence-corrected chi connectivity index (χ0v) is 14.0. The number of aliphatic hydroxyl groups is 2. The molecule has 0 spiro atoms. The van der Waals surface area contributed by atoms with Gasteiger partial charge in [-0.2, -0.15) is 0 Å². The van der Waals surface area contributed by atoms with E-state index >= 15 is 0 Å². The Morgan fingerprint density at radius 3 is 2.83 bits per heavy atom. The molecule has 2 N–H and O–H groups in total. The number of ether oxygens (including phenoxy) is 3. The molecule has 0 aromatic heterocycles. The molecular formula is C17H22O7. The van der Waals surface area contributed by atoms with Crippen molar-refractivity contribution >= 4 is 11.9 Å². The van der Waals surface area contributed by atoms with Gasteiger partial charge in [-0.3, -0.25) is 4.79 Å². The maximum atomic E-state index is 12.1. The van der Waals surface area contributed by atoms with Gasteiger partial charge in [0.05, 0.1) is 17.3 Å². The SMILES string of the molecule is CC(=O)OCC1=C2C(=CC3(C)CCC(O)(O3)[C@H](C)C[C@@H]2O)OC1=O. The van der Waals surface area contributed by atoms with Gasteiger partial charge in [0.2, 0.25) is 0 Å². The summed E-state index contributed by atoms with van der Waals surface area (Å²) < 4.78 is 16.1. The maximum Gasteiger partial charge on any atom is 0.343 e. The van der Waals surface area contributed by atoms with Gasteiger partial charge in [-0.25, -0.2) is 4.79 Å². The van der Waals surface area contributed by atoms with Crippen LogP contribution in [0.25, 0.3) is 0 Å². The minimum absolute atomic E-state index is 0.129. The highest BCUT2D eigenvalue weighted by molar-refractivity contribution is 5.95. The molecule has 0 aliphatic carbocycles. The van der Waals surface area contributed by atoms with Crippen molar-refractivity contribution in [3.05, 3.63) is 23.0 Å². The Kier molecular flexibility index (Phi) is 4.06. The molecule has 3 heterocycles. The lowest BCUT2D eigenvalue weighted by Crippen LogP contribution is -2.39. The Balaban J connectivity index is 2.05. The molecule has 0 aromatic carbocycles. The lowest BCUT2D eigenvalue weighted by molar-refractivity contribution is -0.238. The quantitative estimate of drug-likeness (QED) is 0.723. The van der Waals surface area contributed by atoms with E-state index in [9.17, 15) is 19.8 Å². The predicted octanol–water partition coefficient (Wildman–Crippen LogP) is 0.945. The van der Waals surface area contributed by atoms with Crippen LogP contribution in [0.4, 0.5) is 0 Å². The standard InChI is InChI=1S/C17H22O7/c1-9-6-12(19)14-11(8-22-10(2)18)15(20)23-13(14)7-16(3)4-5-17(9,21)24-16/h7,9,12,19,21H,4-6,8H2,1-3H3/t9-,12+,16?,17?/m1/s1. The van der Waals surface area contributed by atoms with E-state index in [2.05, 4.69) is 0 Å². The van der Waals surface area contributed by atoms with Crippen LogP contribution in [0.5, 0.6) is 0 Å². The highest BCUT2D eigenvalue weighted by Crippen LogP contribution is 2.47. The molecule has 3 rings (SSSR count). The van der Waals surface area contributed by atoms with Gasteiger partial charge in [0.1, 0.15) is 12.4 Å². The average molecular weight is 338 g/mol. The first-order chi connectivity index (χ1) is 11.1. The molecule has 0 amide bonds. The van der Waals surface area contributed by atoms with Crippen molar-refractivity contribution < 1.29 is 34.0 Å². The summed E-state index contributed by atoms with van der Waals surface area (Å²) >= 11 is 0.